The molecule has 0 spiro atoms. The Morgan fingerprint density at radius 3 is 2.71 bits per heavy atom. The van der Waals surface area contributed by atoms with E-state index in [2.05, 4.69) is 21.4 Å². The van der Waals surface area contributed by atoms with Crippen molar-refractivity contribution in [2.75, 3.05) is 14.1 Å². The Bertz CT molecular complexity index is 318. The van der Waals surface area contributed by atoms with Gasteiger partial charge < -0.3 is 4.90 Å². The molecule has 0 aliphatic carbocycles. The van der Waals surface area contributed by atoms with Crippen molar-refractivity contribution in [2.45, 2.75) is 19.9 Å². The van der Waals surface area contributed by atoms with Gasteiger partial charge in [-0.1, -0.05) is 6.08 Å². The van der Waals surface area contributed by atoms with Gasteiger partial charge in [0.15, 0.2) is 0 Å². The van der Waals surface area contributed by atoms with E-state index in [4.69, 9.17) is 0 Å². The molecule has 0 radical (unpaired) electrons. The van der Waals surface area contributed by atoms with Crippen LogP contribution in [0, 0.1) is 6.92 Å². The van der Waals surface area contributed by atoms with Crippen LogP contribution < -0.4 is 0 Å². The molecule has 1 heterocycles. The highest BCUT2D eigenvalue weighted by Crippen LogP contribution is 2.06. The van der Waals surface area contributed by atoms with E-state index in [0.29, 0.717) is 0 Å². The topological polar surface area (TPSA) is 29.0 Å². The number of aryl methyl sites for hydroxylation is 1. The third kappa shape index (κ3) is 2.92. The average Bonchev–Trinajstić information content (AvgIpc) is 2.09. The van der Waals surface area contributed by atoms with Crippen LogP contribution >= 0.6 is 0 Å². The van der Waals surface area contributed by atoms with E-state index in [0.717, 1.165) is 30.0 Å². The summed E-state index contributed by atoms with van der Waals surface area (Å²) in [5, 5.41) is 0. The predicted molar refractivity (Wildman–Crippen MR) is 58.1 cm³/mol. The van der Waals surface area contributed by atoms with E-state index >= 15 is 0 Å². The Morgan fingerprint density at radius 2 is 2.21 bits per heavy atom. The minimum Gasteiger partial charge on any atom is -0.302 e. The van der Waals surface area contributed by atoms with Crippen molar-refractivity contribution in [1.29, 1.82) is 0 Å². The fraction of sp³-hybridized carbons (Fsp3) is 0.455. The summed E-state index contributed by atoms with van der Waals surface area (Å²) in [5.74, 6) is 0.875. The zero-order valence-corrected chi connectivity index (χ0v) is 9.12. The highest BCUT2D eigenvalue weighted by Gasteiger charge is 2.02. The Morgan fingerprint density at radius 1 is 1.50 bits per heavy atom. The minimum atomic E-state index is 0.787. The van der Waals surface area contributed by atoms with Gasteiger partial charge >= 0.3 is 0 Å². The molecular weight excluding hydrogens is 174 g/mol. The zero-order chi connectivity index (χ0) is 10.6. The largest absolute Gasteiger partial charge is 0.302 e. The predicted octanol–water partition coefficient (Wildman–Crippen LogP) is 1.58. The minimum absolute atomic E-state index is 0.787. The van der Waals surface area contributed by atoms with Gasteiger partial charge in [0.1, 0.15) is 5.82 Å². The maximum Gasteiger partial charge on any atom is 0.142 e. The number of aromatic nitrogens is 2. The van der Waals surface area contributed by atoms with Gasteiger partial charge in [0.2, 0.25) is 0 Å². The van der Waals surface area contributed by atoms with E-state index in [1.807, 2.05) is 33.3 Å². The van der Waals surface area contributed by atoms with E-state index < -0.39 is 0 Å². The summed E-state index contributed by atoms with van der Waals surface area (Å²) in [7, 11) is 4.02. The molecule has 0 aliphatic heterocycles. The number of allylic oxidation sites excluding steroid dienone is 1. The maximum atomic E-state index is 4.43. The number of hydrogen-bond donors (Lipinski definition) is 0. The summed E-state index contributed by atoms with van der Waals surface area (Å²) in [4.78, 5) is 10.8. The zero-order valence-electron chi connectivity index (χ0n) is 9.12. The first-order valence-electron chi connectivity index (χ1n) is 4.70. The van der Waals surface area contributed by atoms with Crippen LogP contribution in [0.25, 0.3) is 0 Å². The first kappa shape index (κ1) is 10.9. The third-order valence-corrected chi connectivity index (χ3v) is 1.95. The van der Waals surface area contributed by atoms with Crippen molar-refractivity contribution in [3.05, 3.63) is 35.9 Å². The first-order valence-corrected chi connectivity index (χ1v) is 4.70. The Balaban J connectivity index is 2.83. The first-order chi connectivity index (χ1) is 6.63. The average molecular weight is 191 g/mol. The quantitative estimate of drug-likeness (QED) is 0.676. The second-order valence-electron chi connectivity index (χ2n) is 3.63. The Hall–Kier alpha value is -1.22. The smallest absolute Gasteiger partial charge is 0.142 e. The van der Waals surface area contributed by atoms with Crippen LogP contribution in [0.1, 0.15) is 17.1 Å². The van der Waals surface area contributed by atoms with Gasteiger partial charge in [0.05, 0.1) is 6.54 Å². The highest BCUT2D eigenvalue weighted by atomic mass is 15.1. The molecule has 0 saturated heterocycles. The van der Waals surface area contributed by atoms with Crippen LogP contribution in [0.4, 0.5) is 0 Å². The van der Waals surface area contributed by atoms with Gasteiger partial charge in [-0.25, -0.2) is 9.97 Å². The lowest BCUT2D eigenvalue weighted by Crippen LogP contribution is -2.14. The molecule has 76 valence electrons. The molecule has 0 N–H and O–H groups in total. The van der Waals surface area contributed by atoms with Crippen molar-refractivity contribution in [1.82, 2.24) is 14.9 Å². The Labute approximate surface area is 85.5 Å². The van der Waals surface area contributed by atoms with E-state index in [1.54, 1.807) is 0 Å². The van der Waals surface area contributed by atoms with Crippen LogP contribution in [0.5, 0.6) is 0 Å². The highest BCUT2D eigenvalue weighted by molar-refractivity contribution is 5.18. The lowest BCUT2D eigenvalue weighted by Gasteiger charge is -2.09. The van der Waals surface area contributed by atoms with Crippen molar-refractivity contribution in [3.63, 3.8) is 0 Å². The molecule has 0 saturated carbocycles. The molecule has 0 unspecified atom stereocenters. The van der Waals surface area contributed by atoms with Gasteiger partial charge in [0, 0.05) is 11.9 Å². The maximum absolute atomic E-state index is 4.43. The molecule has 0 bridgehead atoms. The van der Waals surface area contributed by atoms with Crippen molar-refractivity contribution < 1.29 is 0 Å². The normalized spacial score (nSPS) is 10.6. The molecule has 0 fully saturated rings. The van der Waals surface area contributed by atoms with E-state index in [1.165, 1.54) is 0 Å². The summed E-state index contributed by atoms with van der Waals surface area (Å²) >= 11 is 0. The third-order valence-electron chi connectivity index (χ3n) is 1.95. The number of nitrogens with zero attached hydrogens (tertiary/aromatic N) is 3. The molecule has 1 rings (SSSR count). The molecule has 0 atom stereocenters. The van der Waals surface area contributed by atoms with Gasteiger partial charge in [-0.2, -0.15) is 0 Å². The summed E-state index contributed by atoms with van der Waals surface area (Å²) in [6.07, 6.45) is 4.61. The van der Waals surface area contributed by atoms with Crippen molar-refractivity contribution >= 4 is 0 Å². The van der Waals surface area contributed by atoms with Crippen LogP contribution in [-0.4, -0.2) is 29.0 Å². The van der Waals surface area contributed by atoms with Crippen LogP contribution in [-0.2, 0) is 13.0 Å². The van der Waals surface area contributed by atoms with Crippen molar-refractivity contribution in [2.24, 2.45) is 0 Å². The molecule has 0 aliphatic rings. The summed E-state index contributed by atoms with van der Waals surface area (Å²) in [6, 6.07) is 0. The van der Waals surface area contributed by atoms with Crippen molar-refractivity contribution in [3.8, 4) is 0 Å². The van der Waals surface area contributed by atoms with Gasteiger partial charge in [-0.05, 0) is 33.0 Å². The summed E-state index contributed by atoms with van der Waals surface area (Å²) < 4.78 is 0. The lowest BCUT2D eigenvalue weighted by atomic mass is 10.2. The van der Waals surface area contributed by atoms with E-state index in [9.17, 15) is 0 Å². The summed E-state index contributed by atoms with van der Waals surface area (Å²) in [6.45, 7) is 6.50. The fourth-order valence-electron chi connectivity index (χ4n) is 1.26. The molecule has 1 aromatic rings. The lowest BCUT2D eigenvalue weighted by molar-refractivity contribution is 0.389. The summed E-state index contributed by atoms with van der Waals surface area (Å²) in [5.41, 5.74) is 2.21. The van der Waals surface area contributed by atoms with Crippen LogP contribution in [0.3, 0.4) is 0 Å². The Kier molecular flexibility index (Phi) is 3.77. The molecular formula is C11H17N3. The van der Waals surface area contributed by atoms with Crippen LogP contribution in [0.15, 0.2) is 18.9 Å². The van der Waals surface area contributed by atoms with Crippen LogP contribution in [0.2, 0.25) is 0 Å². The monoisotopic (exact) mass is 191 g/mol. The van der Waals surface area contributed by atoms with E-state index in [-0.39, 0.29) is 0 Å². The number of hydrogen-bond acceptors (Lipinski definition) is 3. The molecule has 1 aromatic heterocycles. The molecule has 3 heteroatoms. The second kappa shape index (κ2) is 4.86. The molecule has 0 amide bonds. The molecule has 0 aromatic carbocycles. The van der Waals surface area contributed by atoms with Gasteiger partial charge in [-0.3, -0.25) is 0 Å². The fourth-order valence-corrected chi connectivity index (χ4v) is 1.26. The SMILES string of the molecule is C=CCc1cnc(CN(C)C)nc1C. The van der Waals surface area contributed by atoms with Gasteiger partial charge in [0.25, 0.3) is 0 Å². The molecule has 14 heavy (non-hydrogen) atoms. The second-order valence-corrected chi connectivity index (χ2v) is 3.63. The standard InChI is InChI=1S/C11H17N3/c1-5-6-10-7-12-11(8-14(3)4)13-9(10)2/h5,7H,1,6,8H2,2-4H3. The number of rotatable bonds is 4. The van der Waals surface area contributed by atoms with Gasteiger partial charge in [-0.15, -0.1) is 6.58 Å². The molecule has 3 nitrogen and oxygen atoms in total.